The first kappa shape index (κ1) is 15.5. The van der Waals surface area contributed by atoms with Gasteiger partial charge >= 0.3 is 0 Å². The summed E-state index contributed by atoms with van der Waals surface area (Å²) in [6.45, 7) is 4.77. The van der Waals surface area contributed by atoms with Crippen LogP contribution in [0, 0.1) is 11.3 Å². The second-order valence-electron chi connectivity index (χ2n) is 6.97. The summed E-state index contributed by atoms with van der Waals surface area (Å²) in [6, 6.07) is 7.91. The van der Waals surface area contributed by atoms with Gasteiger partial charge in [-0.1, -0.05) is 37.6 Å². The van der Waals surface area contributed by atoms with E-state index in [1.54, 1.807) is 11.0 Å². The molecule has 22 heavy (non-hydrogen) atoms. The van der Waals surface area contributed by atoms with E-state index in [9.17, 15) is 5.11 Å². The SMILES string of the molecule is CC1(C)CC[C@H](Cc2ccc(Cl)cc2)[C@@]1(O)Cn1cncn1. The summed E-state index contributed by atoms with van der Waals surface area (Å²) in [5.74, 6) is 0.202. The van der Waals surface area contributed by atoms with Crippen LogP contribution in [0.25, 0.3) is 0 Å². The Bertz CT molecular complexity index is 624. The van der Waals surface area contributed by atoms with Gasteiger partial charge in [0.15, 0.2) is 0 Å². The molecule has 1 aliphatic carbocycles. The summed E-state index contributed by atoms with van der Waals surface area (Å²) in [6.07, 6.45) is 6.06. The average Bonchev–Trinajstić information content (AvgIpc) is 3.04. The molecule has 0 radical (unpaired) electrons. The average molecular weight is 320 g/mol. The number of halogens is 1. The zero-order valence-electron chi connectivity index (χ0n) is 13.0. The minimum absolute atomic E-state index is 0.143. The Kier molecular flexibility index (Phi) is 4.00. The fourth-order valence-electron chi connectivity index (χ4n) is 3.62. The van der Waals surface area contributed by atoms with Crippen LogP contribution in [-0.4, -0.2) is 25.5 Å². The van der Waals surface area contributed by atoms with Gasteiger partial charge in [-0.05, 0) is 48.3 Å². The fourth-order valence-corrected chi connectivity index (χ4v) is 3.75. The normalized spacial score (nSPS) is 27.2. The summed E-state index contributed by atoms with van der Waals surface area (Å²) in [7, 11) is 0. The topological polar surface area (TPSA) is 50.9 Å². The molecule has 0 aliphatic heterocycles. The van der Waals surface area contributed by atoms with Crippen LogP contribution in [0.3, 0.4) is 0 Å². The van der Waals surface area contributed by atoms with Crippen LogP contribution >= 0.6 is 11.6 Å². The Morgan fingerprint density at radius 2 is 2.05 bits per heavy atom. The Hall–Kier alpha value is -1.39. The van der Waals surface area contributed by atoms with Gasteiger partial charge in [0.1, 0.15) is 12.7 Å². The number of nitrogens with zero attached hydrogens (tertiary/aromatic N) is 3. The minimum Gasteiger partial charge on any atom is -0.387 e. The minimum atomic E-state index is -0.791. The third-order valence-electron chi connectivity index (χ3n) is 5.23. The summed E-state index contributed by atoms with van der Waals surface area (Å²) < 4.78 is 1.74. The largest absolute Gasteiger partial charge is 0.387 e. The number of aliphatic hydroxyl groups is 1. The molecular formula is C17H22ClN3O. The zero-order chi connectivity index (χ0) is 15.8. The van der Waals surface area contributed by atoms with Crippen molar-refractivity contribution in [3.63, 3.8) is 0 Å². The Morgan fingerprint density at radius 3 is 2.68 bits per heavy atom. The van der Waals surface area contributed by atoms with Crippen LogP contribution in [0.4, 0.5) is 0 Å². The maximum absolute atomic E-state index is 11.5. The molecule has 1 fully saturated rings. The maximum atomic E-state index is 11.5. The number of hydrogen-bond acceptors (Lipinski definition) is 3. The van der Waals surface area contributed by atoms with Crippen molar-refractivity contribution in [2.75, 3.05) is 0 Å². The summed E-state index contributed by atoms with van der Waals surface area (Å²) >= 11 is 5.96. The van der Waals surface area contributed by atoms with Crippen molar-refractivity contribution in [1.82, 2.24) is 14.8 Å². The van der Waals surface area contributed by atoms with Crippen molar-refractivity contribution in [3.05, 3.63) is 47.5 Å². The van der Waals surface area contributed by atoms with Gasteiger partial charge in [-0.15, -0.1) is 0 Å². The maximum Gasteiger partial charge on any atom is 0.137 e. The molecule has 118 valence electrons. The van der Waals surface area contributed by atoms with Crippen molar-refractivity contribution in [2.24, 2.45) is 11.3 Å². The van der Waals surface area contributed by atoms with Crippen LogP contribution in [0.15, 0.2) is 36.9 Å². The highest BCUT2D eigenvalue weighted by molar-refractivity contribution is 6.30. The molecule has 0 saturated heterocycles. The van der Waals surface area contributed by atoms with E-state index in [-0.39, 0.29) is 11.3 Å². The lowest BCUT2D eigenvalue weighted by molar-refractivity contribution is -0.0907. The van der Waals surface area contributed by atoms with Gasteiger partial charge < -0.3 is 5.11 Å². The standard InChI is InChI=1S/C17H22ClN3O/c1-16(2)8-7-14(9-13-3-5-15(18)6-4-13)17(16,22)10-21-12-19-11-20-21/h3-6,11-12,14,22H,7-10H2,1-2H3/t14-,17+/m1/s1. The van der Waals surface area contributed by atoms with E-state index in [4.69, 9.17) is 11.6 Å². The second-order valence-corrected chi connectivity index (χ2v) is 7.40. The highest BCUT2D eigenvalue weighted by Gasteiger charge is 2.54. The summed E-state index contributed by atoms with van der Waals surface area (Å²) in [4.78, 5) is 3.99. The molecule has 0 amide bonds. The van der Waals surface area contributed by atoms with Gasteiger partial charge in [0, 0.05) is 5.02 Å². The lowest BCUT2D eigenvalue weighted by Crippen LogP contribution is -2.49. The molecule has 0 spiro atoms. The molecule has 2 atom stereocenters. The van der Waals surface area contributed by atoms with E-state index < -0.39 is 5.60 Å². The van der Waals surface area contributed by atoms with Crippen molar-refractivity contribution < 1.29 is 5.11 Å². The molecule has 1 aliphatic rings. The molecule has 5 heteroatoms. The molecule has 0 unspecified atom stereocenters. The molecule has 0 bridgehead atoms. The van der Waals surface area contributed by atoms with E-state index in [1.807, 2.05) is 24.3 Å². The molecule has 3 rings (SSSR count). The highest BCUT2D eigenvalue weighted by Crippen LogP contribution is 2.51. The summed E-state index contributed by atoms with van der Waals surface area (Å²) in [5.41, 5.74) is 0.278. The van der Waals surface area contributed by atoms with E-state index in [2.05, 4.69) is 23.9 Å². The number of hydrogen-bond donors (Lipinski definition) is 1. The molecular weight excluding hydrogens is 298 g/mol. The summed E-state index contributed by atoms with van der Waals surface area (Å²) in [5, 5.41) is 16.4. The van der Waals surface area contributed by atoms with Crippen LogP contribution in [0.5, 0.6) is 0 Å². The van der Waals surface area contributed by atoms with Crippen molar-refractivity contribution in [1.29, 1.82) is 0 Å². The third-order valence-corrected chi connectivity index (χ3v) is 5.48. The fraction of sp³-hybridized carbons (Fsp3) is 0.529. The van der Waals surface area contributed by atoms with Crippen LogP contribution < -0.4 is 0 Å². The van der Waals surface area contributed by atoms with Crippen molar-refractivity contribution in [3.8, 4) is 0 Å². The molecule has 1 aromatic carbocycles. The van der Waals surface area contributed by atoms with Crippen molar-refractivity contribution >= 4 is 11.6 Å². The third kappa shape index (κ3) is 2.77. The van der Waals surface area contributed by atoms with Crippen molar-refractivity contribution in [2.45, 2.75) is 45.3 Å². The zero-order valence-corrected chi connectivity index (χ0v) is 13.8. The molecule has 1 aromatic heterocycles. The van der Waals surface area contributed by atoms with Gasteiger partial charge in [0.05, 0.1) is 12.1 Å². The number of rotatable bonds is 4. The Balaban J connectivity index is 1.84. The van der Waals surface area contributed by atoms with Crippen LogP contribution in [0.2, 0.25) is 5.02 Å². The molecule has 1 N–H and O–H groups in total. The van der Waals surface area contributed by atoms with Crippen LogP contribution in [0.1, 0.15) is 32.3 Å². The van der Waals surface area contributed by atoms with E-state index in [0.717, 1.165) is 24.3 Å². The van der Waals surface area contributed by atoms with Gasteiger partial charge in [-0.3, -0.25) is 4.68 Å². The Morgan fingerprint density at radius 1 is 1.32 bits per heavy atom. The molecule has 1 heterocycles. The molecule has 2 aromatic rings. The lowest BCUT2D eigenvalue weighted by Gasteiger charge is -2.40. The first-order valence-corrected chi connectivity index (χ1v) is 8.08. The predicted octanol–water partition coefficient (Wildman–Crippen LogP) is 3.34. The van der Waals surface area contributed by atoms with Gasteiger partial charge in [0.25, 0.3) is 0 Å². The highest BCUT2D eigenvalue weighted by atomic mass is 35.5. The van der Waals surface area contributed by atoms with Crippen LogP contribution in [-0.2, 0) is 13.0 Å². The molecule has 1 saturated carbocycles. The van der Waals surface area contributed by atoms with E-state index in [0.29, 0.717) is 6.54 Å². The second kappa shape index (κ2) is 5.67. The Labute approximate surface area is 136 Å². The first-order chi connectivity index (χ1) is 10.4. The number of benzene rings is 1. The quantitative estimate of drug-likeness (QED) is 0.940. The smallest absolute Gasteiger partial charge is 0.137 e. The predicted molar refractivity (Wildman–Crippen MR) is 86.6 cm³/mol. The van der Waals surface area contributed by atoms with E-state index in [1.165, 1.54) is 11.9 Å². The van der Waals surface area contributed by atoms with E-state index >= 15 is 0 Å². The lowest BCUT2D eigenvalue weighted by atomic mass is 9.72. The first-order valence-electron chi connectivity index (χ1n) is 7.70. The number of aromatic nitrogens is 3. The molecule has 4 nitrogen and oxygen atoms in total. The van der Waals surface area contributed by atoms with Gasteiger partial charge in [-0.2, -0.15) is 5.10 Å². The van der Waals surface area contributed by atoms with Gasteiger partial charge in [0.2, 0.25) is 0 Å². The van der Waals surface area contributed by atoms with Gasteiger partial charge in [-0.25, -0.2) is 4.98 Å². The monoisotopic (exact) mass is 319 g/mol.